The van der Waals surface area contributed by atoms with E-state index in [1.807, 2.05) is 12.1 Å². The molecule has 0 atom stereocenters. The molecule has 0 radical (unpaired) electrons. The molecule has 21 heavy (non-hydrogen) atoms. The number of carbonyl (C=O) groups excluding carboxylic acids is 1. The van der Waals surface area contributed by atoms with Crippen molar-refractivity contribution < 1.29 is 9.53 Å². The van der Waals surface area contributed by atoms with Gasteiger partial charge in [0.25, 0.3) is 0 Å². The Morgan fingerprint density at radius 2 is 1.86 bits per heavy atom. The topological polar surface area (TPSA) is 78.3 Å². The van der Waals surface area contributed by atoms with Crippen LogP contribution in [0.15, 0.2) is 36.4 Å². The first-order chi connectivity index (χ1) is 9.88. The van der Waals surface area contributed by atoms with E-state index in [0.717, 1.165) is 5.75 Å². The van der Waals surface area contributed by atoms with Gasteiger partial charge in [-0.15, -0.1) is 0 Å². The van der Waals surface area contributed by atoms with Gasteiger partial charge in [-0.25, -0.2) is 0 Å². The van der Waals surface area contributed by atoms with E-state index in [1.165, 1.54) is 17.2 Å². The molecule has 0 saturated heterocycles. The summed E-state index contributed by atoms with van der Waals surface area (Å²) in [5, 5.41) is 0. The van der Waals surface area contributed by atoms with Crippen molar-refractivity contribution in [2.24, 2.45) is 5.73 Å². The molecule has 0 unspecified atom stereocenters. The Kier molecular flexibility index (Phi) is 4.17. The van der Waals surface area contributed by atoms with Crippen LogP contribution in [0.5, 0.6) is 11.5 Å². The quantitative estimate of drug-likeness (QED) is 0.842. The van der Waals surface area contributed by atoms with Crippen molar-refractivity contribution in [3.05, 3.63) is 53.1 Å². The lowest BCUT2D eigenvalue weighted by Crippen LogP contribution is -2.11. The highest BCUT2D eigenvalue weighted by Gasteiger charge is 2.09. The molecule has 0 saturated carbocycles. The van der Waals surface area contributed by atoms with Crippen molar-refractivity contribution in [3.63, 3.8) is 0 Å². The first kappa shape index (κ1) is 14.9. The van der Waals surface area contributed by atoms with Gasteiger partial charge in [-0.1, -0.05) is 19.9 Å². The van der Waals surface area contributed by atoms with Gasteiger partial charge in [0.05, 0.1) is 5.69 Å². The second-order valence-corrected chi connectivity index (χ2v) is 5.39. The highest BCUT2D eigenvalue weighted by molar-refractivity contribution is 5.94. The van der Waals surface area contributed by atoms with Crippen LogP contribution in [0.1, 0.15) is 41.3 Å². The maximum absolute atomic E-state index is 11.1. The van der Waals surface area contributed by atoms with Gasteiger partial charge in [0.15, 0.2) is 0 Å². The molecule has 0 aliphatic carbocycles. The molecule has 0 aliphatic heterocycles. The van der Waals surface area contributed by atoms with E-state index < -0.39 is 5.91 Å². The number of nitrogen functional groups attached to an aromatic ring is 1. The molecule has 110 valence electrons. The van der Waals surface area contributed by atoms with Crippen LogP contribution in [0.2, 0.25) is 0 Å². The van der Waals surface area contributed by atoms with Crippen molar-refractivity contribution in [1.82, 2.24) is 0 Å². The number of primary amides is 1. The van der Waals surface area contributed by atoms with Crippen LogP contribution in [0.3, 0.4) is 0 Å². The zero-order valence-corrected chi connectivity index (χ0v) is 12.5. The number of carbonyl (C=O) groups is 1. The van der Waals surface area contributed by atoms with Crippen LogP contribution in [0, 0.1) is 6.92 Å². The van der Waals surface area contributed by atoms with Gasteiger partial charge in [-0.3, -0.25) is 4.79 Å². The van der Waals surface area contributed by atoms with Gasteiger partial charge < -0.3 is 16.2 Å². The van der Waals surface area contributed by atoms with E-state index in [2.05, 4.69) is 26.8 Å². The molecule has 4 N–H and O–H groups in total. The maximum atomic E-state index is 11.1. The van der Waals surface area contributed by atoms with Gasteiger partial charge in [-0.05, 0) is 54.3 Å². The maximum Gasteiger partial charge on any atom is 0.248 e. The molecule has 0 aromatic heterocycles. The summed E-state index contributed by atoms with van der Waals surface area (Å²) in [6, 6.07) is 10.7. The Morgan fingerprint density at radius 1 is 1.14 bits per heavy atom. The molecule has 0 bridgehead atoms. The fraction of sp³-hybridized carbons (Fsp3) is 0.235. The molecule has 2 rings (SSSR count). The lowest BCUT2D eigenvalue weighted by atomic mass is 9.98. The minimum atomic E-state index is -0.509. The second-order valence-electron chi connectivity index (χ2n) is 5.39. The molecule has 0 spiro atoms. The number of aryl methyl sites for hydroxylation is 1. The van der Waals surface area contributed by atoms with Crippen LogP contribution in [0.25, 0.3) is 0 Å². The molecule has 4 nitrogen and oxygen atoms in total. The van der Waals surface area contributed by atoms with Crippen LogP contribution in [-0.2, 0) is 0 Å². The summed E-state index contributed by atoms with van der Waals surface area (Å²) in [4.78, 5) is 11.1. The normalized spacial score (nSPS) is 10.7. The summed E-state index contributed by atoms with van der Waals surface area (Å²) in [7, 11) is 0. The second kappa shape index (κ2) is 5.87. The van der Waals surface area contributed by atoms with E-state index in [9.17, 15) is 4.79 Å². The molecule has 0 aliphatic rings. The van der Waals surface area contributed by atoms with Gasteiger partial charge >= 0.3 is 0 Å². The summed E-state index contributed by atoms with van der Waals surface area (Å²) in [6.45, 7) is 6.37. The molecule has 0 fully saturated rings. The third kappa shape index (κ3) is 3.34. The average Bonchev–Trinajstić information content (AvgIpc) is 2.40. The minimum absolute atomic E-state index is 0.367. The number of ether oxygens (including phenoxy) is 1. The molecule has 2 aromatic carbocycles. The highest BCUT2D eigenvalue weighted by Crippen LogP contribution is 2.30. The Bertz CT molecular complexity index is 678. The largest absolute Gasteiger partial charge is 0.455 e. The summed E-state index contributed by atoms with van der Waals surface area (Å²) in [5.41, 5.74) is 14.3. The van der Waals surface area contributed by atoms with Crippen LogP contribution >= 0.6 is 0 Å². The number of anilines is 1. The summed E-state index contributed by atoms with van der Waals surface area (Å²) < 4.78 is 5.78. The molecular formula is C17H20N2O2. The monoisotopic (exact) mass is 284 g/mol. The van der Waals surface area contributed by atoms with Gasteiger partial charge in [0.2, 0.25) is 5.91 Å². The zero-order valence-electron chi connectivity index (χ0n) is 12.5. The molecule has 2 aromatic rings. The molecule has 1 amide bonds. The van der Waals surface area contributed by atoms with E-state index >= 15 is 0 Å². The zero-order chi connectivity index (χ0) is 15.6. The Labute approximate surface area is 124 Å². The number of hydrogen-bond donors (Lipinski definition) is 2. The highest BCUT2D eigenvalue weighted by atomic mass is 16.5. The summed E-state index contributed by atoms with van der Waals surface area (Å²) in [6.07, 6.45) is 0. The lowest BCUT2D eigenvalue weighted by molar-refractivity contribution is 0.100. The molecule has 0 heterocycles. The van der Waals surface area contributed by atoms with E-state index in [4.69, 9.17) is 16.2 Å². The lowest BCUT2D eigenvalue weighted by Gasteiger charge is -2.13. The van der Waals surface area contributed by atoms with E-state index in [0.29, 0.717) is 22.9 Å². The Morgan fingerprint density at radius 3 is 2.38 bits per heavy atom. The fourth-order valence-corrected chi connectivity index (χ4v) is 2.28. The van der Waals surface area contributed by atoms with E-state index in [1.54, 1.807) is 12.1 Å². The molecule has 4 heteroatoms. The predicted octanol–water partition coefficient (Wildman–Crippen LogP) is 3.59. The van der Waals surface area contributed by atoms with Crippen LogP contribution < -0.4 is 16.2 Å². The van der Waals surface area contributed by atoms with Crippen molar-refractivity contribution in [2.75, 3.05) is 5.73 Å². The van der Waals surface area contributed by atoms with Crippen molar-refractivity contribution in [3.8, 4) is 11.5 Å². The van der Waals surface area contributed by atoms with E-state index in [-0.39, 0.29) is 0 Å². The third-order valence-corrected chi connectivity index (χ3v) is 3.39. The minimum Gasteiger partial charge on any atom is -0.455 e. The fourth-order valence-electron chi connectivity index (χ4n) is 2.28. The first-order valence-corrected chi connectivity index (χ1v) is 6.86. The van der Waals surface area contributed by atoms with Crippen LogP contribution in [0.4, 0.5) is 5.69 Å². The Balaban J connectivity index is 2.26. The van der Waals surface area contributed by atoms with Gasteiger partial charge in [-0.2, -0.15) is 0 Å². The number of benzene rings is 2. The number of rotatable bonds is 4. The first-order valence-electron chi connectivity index (χ1n) is 6.86. The SMILES string of the molecule is Cc1cc(Oc2ccc(C(N)=O)cc2N)ccc1C(C)C. The van der Waals surface area contributed by atoms with Crippen molar-refractivity contribution >= 4 is 11.6 Å². The Hall–Kier alpha value is -2.49. The number of hydrogen-bond acceptors (Lipinski definition) is 3. The third-order valence-electron chi connectivity index (χ3n) is 3.39. The smallest absolute Gasteiger partial charge is 0.248 e. The number of amides is 1. The molecular weight excluding hydrogens is 264 g/mol. The van der Waals surface area contributed by atoms with Gasteiger partial charge in [0.1, 0.15) is 11.5 Å². The average molecular weight is 284 g/mol. The standard InChI is InChI=1S/C17H20N2O2/c1-10(2)14-6-5-13(8-11(14)3)21-16-7-4-12(17(19)20)9-15(16)18/h4-10H,18H2,1-3H3,(H2,19,20). The summed E-state index contributed by atoms with van der Waals surface area (Å²) >= 11 is 0. The number of nitrogens with two attached hydrogens (primary N) is 2. The van der Waals surface area contributed by atoms with Crippen molar-refractivity contribution in [1.29, 1.82) is 0 Å². The summed E-state index contributed by atoms with van der Waals surface area (Å²) in [5.74, 6) is 1.19. The van der Waals surface area contributed by atoms with Gasteiger partial charge in [0, 0.05) is 5.56 Å². The van der Waals surface area contributed by atoms with Crippen LogP contribution in [-0.4, -0.2) is 5.91 Å². The predicted molar refractivity (Wildman–Crippen MR) is 84.7 cm³/mol. The van der Waals surface area contributed by atoms with Crippen molar-refractivity contribution in [2.45, 2.75) is 26.7 Å².